The van der Waals surface area contributed by atoms with Crippen molar-refractivity contribution in [2.75, 3.05) is 6.54 Å². The fourth-order valence-electron chi connectivity index (χ4n) is 0.514. The molecule has 0 atom stereocenters. The lowest BCUT2D eigenvalue weighted by Gasteiger charge is -1.82. The van der Waals surface area contributed by atoms with Gasteiger partial charge >= 0.3 is 0 Å². The summed E-state index contributed by atoms with van der Waals surface area (Å²) >= 11 is 5.62. The number of halogens is 1. The molecule has 0 aliphatic carbocycles. The standard InChI is InChI=1S/C6H7ClN2/c1-5-8-3-2-6(7)4-9-5/h2,4H,3H2,1H3. The molecule has 0 amide bonds. The van der Waals surface area contributed by atoms with Crippen LogP contribution in [-0.2, 0) is 0 Å². The lowest BCUT2D eigenvalue weighted by molar-refractivity contribution is 1.23. The smallest absolute Gasteiger partial charge is 0.120 e. The average molecular weight is 143 g/mol. The Hall–Kier alpha value is -0.630. The van der Waals surface area contributed by atoms with Crippen LogP contribution in [-0.4, -0.2) is 18.6 Å². The average Bonchev–Trinajstić information content (AvgIpc) is 1.97. The fourth-order valence-corrected chi connectivity index (χ4v) is 0.631. The van der Waals surface area contributed by atoms with Crippen LogP contribution in [0.5, 0.6) is 0 Å². The lowest BCUT2D eigenvalue weighted by atomic mass is 10.5. The van der Waals surface area contributed by atoms with Gasteiger partial charge in [-0.15, -0.1) is 0 Å². The molecule has 0 radical (unpaired) electrons. The molecule has 0 bridgehead atoms. The highest BCUT2D eigenvalue weighted by Crippen LogP contribution is 2.00. The molecule has 0 spiro atoms. The Balaban J connectivity index is 2.75. The van der Waals surface area contributed by atoms with E-state index in [2.05, 4.69) is 9.98 Å². The molecule has 1 rings (SSSR count). The molecule has 0 unspecified atom stereocenters. The third-order valence-corrected chi connectivity index (χ3v) is 1.23. The van der Waals surface area contributed by atoms with E-state index < -0.39 is 0 Å². The SMILES string of the molecule is CC1=NCC=C(Cl)C=N1. The zero-order valence-corrected chi connectivity index (χ0v) is 5.89. The second-order valence-corrected chi connectivity index (χ2v) is 2.17. The van der Waals surface area contributed by atoms with Gasteiger partial charge in [0, 0.05) is 6.21 Å². The maximum Gasteiger partial charge on any atom is 0.120 e. The van der Waals surface area contributed by atoms with Gasteiger partial charge in [-0.2, -0.15) is 0 Å². The van der Waals surface area contributed by atoms with Crippen molar-refractivity contribution < 1.29 is 0 Å². The van der Waals surface area contributed by atoms with Crippen LogP contribution in [0.4, 0.5) is 0 Å². The van der Waals surface area contributed by atoms with Crippen molar-refractivity contribution in [2.45, 2.75) is 6.92 Å². The van der Waals surface area contributed by atoms with Gasteiger partial charge in [0.15, 0.2) is 0 Å². The minimum atomic E-state index is 0.644. The number of allylic oxidation sites excluding steroid dienone is 1. The van der Waals surface area contributed by atoms with Gasteiger partial charge in [0.05, 0.1) is 11.6 Å². The van der Waals surface area contributed by atoms with Crippen LogP contribution in [0, 0.1) is 0 Å². The number of rotatable bonds is 0. The van der Waals surface area contributed by atoms with E-state index in [-0.39, 0.29) is 0 Å². The van der Waals surface area contributed by atoms with Crippen LogP contribution in [0.15, 0.2) is 21.1 Å². The maximum absolute atomic E-state index is 5.62. The van der Waals surface area contributed by atoms with Gasteiger partial charge in [-0.3, -0.25) is 4.99 Å². The number of hydrogen-bond donors (Lipinski definition) is 0. The molecule has 3 heteroatoms. The summed E-state index contributed by atoms with van der Waals surface area (Å²) in [6, 6.07) is 0. The van der Waals surface area contributed by atoms with Gasteiger partial charge in [-0.05, 0) is 13.0 Å². The Morgan fingerprint density at radius 3 is 3.22 bits per heavy atom. The Bertz CT molecular complexity index is 171. The van der Waals surface area contributed by atoms with E-state index in [9.17, 15) is 0 Å². The van der Waals surface area contributed by atoms with Crippen molar-refractivity contribution in [3.63, 3.8) is 0 Å². The molecule has 9 heavy (non-hydrogen) atoms. The monoisotopic (exact) mass is 142 g/mol. The molecule has 2 nitrogen and oxygen atoms in total. The maximum atomic E-state index is 5.62. The summed E-state index contributed by atoms with van der Waals surface area (Å²) in [6.07, 6.45) is 3.43. The van der Waals surface area contributed by atoms with Crippen molar-refractivity contribution in [1.29, 1.82) is 0 Å². The second-order valence-electron chi connectivity index (χ2n) is 1.74. The first-order chi connectivity index (χ1) is 4.29. The molecule has 0 N–H and O–H groups in total. The highest BCUT2D eigenvalue weighted by Gasteiger charge is 1.91. The van der Waals surface area contributed by atoms with E-state index >= 15 is 0 Å². The van der Waals surface area contributed by atoms with Crippen molar-refractivity contribution in [3.8, 4) is 0 Å². The van der Waals surface area contributed by atoms with Gasteiger partial charge < -0.3 is 0 Å². The second kappa shape index (κ2) is 2.78. The molecule has 0 fully saturated rings. The Morgan fingerprint density at radius 1 is 1.67 bits per heavy atom. The first-order valence-electron chi connectivity index (χ1n) is 2.70. The van der Waals surface area contributed by atoms with Crippen LogP contribution in [0.25, 0.3) is 0 Å². The summed E-state index contributed by atoms with van der Waals surface area (Å²) in [5.74, 6) is 0.780. The van der Waals surface area contributed by atoms with Gasteiger partial charge in [-0.25, -0.2) is 4.99 Å². The normalized spacial score (nSPS) is 18.4. The van der Waals surface area contributed by atoms with Crippen LogP contribution in [0.1, 0.15) is 6.92 Å². The fraction of sp³-hybridized carbons (Fsp3) is 0.333. The zero-order valence-electron chi connectivity index (χ0n) is 5.13. The third-order valence-electron chi connectivity index (χ3n) is 0.981. The van der Waals surface area contributed by atoms with Crippen LogP contribution in [0.3, 0.4) is 0 Å². The Labute approximate surface area is 59.0 Å². The molecular weight excluding hydrogens is 136 g/mol. The van der Waals surface area contributed by atoms with Gasteiger partial charge in [0.2, 0.25) is 0 Å². The number of nitrogens with zero attached hydrogens (tertiary/aromatic N) is 2. The highest BCUT2D eigenvalue weighted by molar-refractivity contribution is 6.39. The van der Waals surface area contributed by atoms with Crippen LogP contribution >= 0.6 is 11.6 Å². The first kappa shape index (κ1) is 6.49. The van der Waals surface area contributed by atoms with Crippen molar-refractivity contribution in [1.82, 2.24) is 0 Å². The van der Waals surface area contributed by atoms with Crippen molar-refractivity contribution >= 4 is 23.7 Å². The van der Waals surface area contributed by atoms with Gasteiger partial charge in [0.25, 0.3) is 0 Å². The summed E-state index contributed by atoms with van der Waals surface area (Å²) in [6.45, 7) is 2.49. The molecule has 0 aromatic heterocycles. The van der Waals surface area contributed by atoms with E-state index in [1.54, 1.807) is 6.21 Å². The van der Waals surface area contributed by atoms with Crippen molar-refractivity contribution in [2.24, 2.45) is 9.98 Å². The van der Waals surface area contributed by atoms with E-state index in [4.69, 9.17) is 11.6 Å². The topological polar surface area (TPSA) is 24.7 Å². The first-order valence-corrected chi connectivity index (χ1v) is 3.07. The summed E-state index contributed by atoms with van der Waals surface area (Å²) in [7, 11) is 0. The summed E-state index contributed by atoms with van der Waals surface area (Å²) in [5, 5.41) is 0.663. The minimum absolute atomic E-state index is 0.644. The molecule has 0 saturated heterocycles. The highest BCUT2D eigenvalue weighted by atomic mass is 35.5. The molecule has 1 heterocycles. The molecule has 0 aromatic rings. The van der Waals surface area contributed by atoms with Gasteiger partial charge in [0.1, 0.15) is 5.84 Å². The Morgan fingerprint density at radius 2 is 2.44 bits per heavy atom. The third kappa shape index (κ3) is 1.98. The zero-order chi connectivity index (χ0) is 6.69. The molecule has 48 valence electrons. The molecule has 0 aromatic carbocycles. The number of hydrogen-bond acceptors (Lipinski definition) is 2. The number of aliphatic imine (C=N–C) groups is 2. The van der Waals surface area contributed by atoms with Crippen molar-refractivity contribution in [3.05, 3.63) is 11.1 Å². The minimum Gasteiger partial charge on any atom is -0.267 e. The quantitative estimate of drug-likeness (QED) is 0.491. The van der Waals surface area contributed by atoms with Crippen LogP contribution < -0.4 is 0 Å². The summed E-state index contributed by atoms with van der Waals surface area (Å²) in [4.78, 5) is 7.96. The largest absolute Gasteiger partial charge is 0.267 e. The van der Waals surface area contributed by atoms with Gasteiger partial charge in [-0.1, -0.05) is 11.6 Å². The predicted molar refractivity (Wildman–Crippen MR) is 40.4 cm³/mol. The van der Waals surface area contributed by atoms with E-state index in [0.29, 0.717) is 11.6 Å². The summed E-state index contributed by atoms with van der Waals surface area (Å²) < 4.78 is 0. The van der Waals surface area contributed by atoms with E-state index in [1.807, 2.05) is 13.0 Å². The Kier molecular flexibility index (Phi) is 2.01. The predicted octanol–water partition coefficient (Wildman–Crippen LogP) is 1.61. The van der Waals surface area contributed by atoms with E-state index in [0.717, 1.165) is 5.84 Å². The molecule has 1 aliphatic heterocycles. The summed E-state index contributed by atoms with van der Waals surface area (Å²) in [5.41, 5.74) is 0. The molecule has 1 aliphatic rings. The number of amidine groups is 1. The molecule has 0 saturated carbocycles. The molecular formula is C6H7ClN2. The lowest BCUT2D eigenvalue weighted by Crippen LogP contribution is -1.83. The van der Waals surface area contributed by atoms with E-state index in [1.165, 1.54) is 0 Å². The van der Waals surface area contributed by atoms with Crippen LogP contribution in [0.2, 0.25) is 0 Å².